The molecule has 1 aromatic rings. The fraction of sp³-hybridized carbons (Fsp3) is 0.500. The van der Waals surface area contributed by atoms with Crippen molar-refractivity contribution >= 4 is 12.5 Å². The van der Waals surface area contributed by atoms with Gasteiger partial charge >= 0.3 is 0 Å². The molecular formula is C12H15NO2. The molecule has 0 radical (unpaired) electrons. The highest BCUT2D eigenvalue weighted by atomic mass is 16.3. The SMILES string of the molecule is O=Cc1ccc(C=NC2CCCCC2)o1. The molecule has 1 saturated carbocycles. The molecule has 2 rings (SSSR count). The minimum Gasteiger partial charge on any atom is -0.452 e. The van der Waals surface area contributed by atoms with E-state index in [0.29, 0.717) is 23.8 Å². The lowest BCUT2D eigenvalue weighted by Crippen LogP contribution is -2.09. The van der Waals surface area contributed by atoms with Crippen molar-refractivity contribution in [1.29, 1.82) is 0 Å². The molecule has 0 saturated heterocycles. The van der Waals surface area contributed by atoms with Gasteiger partial charge < -0.3 is 4.42 Å². The molecule has 0 aromatic carbocycles. The van der Waals surface area contributed by atoms with Gasteiger partial charge in [-0.15, -0.1) is 0 Å². The molecule has 0 bridgehead atoms. The molecule has 1 fully saturated rings. The molecule has 0 N–H and O–H groups in total. The summed E-state index contributed by atoms with van der Waals surface area (Å²) in [4.78, 5) is 14.9. The van der Waals surface area contributed by atoms with Crippen molar-refractivity contribution in [3.63, 3.8) is 0 Å². The van der Waals surface area contributed by atoms with Gasteiger partial charge in [0.1, 0.15) is 5.76 Å². The smallest absolute Gasteiger partial charge is 0.185 e. The molecule has 80 valence electrons. The molecule has 1 aliphatic rings. The van der Waals surface area contributed by atoms with Crippen molar-refractivity contribution in [2.45, 2.75) is 38.1 Å². The summed E-state index contributed by atoms with van der Waals surface area (Å²) >= 11 is 0. The third-order valence-corrected chi connectivity index (χ3v) is 2.75. The first-order valence-electron chi connectivity index (χ1n) is 5.46. The van der Waals surface area contributed by atoms with E-state index in [9.17, 15) is 4.79 Å². The van der Waals surface area contributed by atoms with Crippen molar-refractivity contribution in [3.05, 3.63) is 23.7 Å². The minimum absolute atomic E-state index is 0.361. The van der Waals surface area contributed by atoms with E-state index in [1.165, 1.54) is 32.1 Å². The van der Waals surface area contributed by atoms with E-state index >= 15 is 0 Å². The number of carbonyl (C=O) groups is 1. The average Bonchev–Trinajstić information content (AvgIpc) is 2.76. The number of nitrogens with zero attached hydrogens (tertiary/aromatic N) is 1. The Bertz CT molecular complexity index is 348. The first kappa shape index (κ1) is 10.1. The Labute approximate surface area is 89.2 Å². The van der Waals surface area contributed by atoms with E-state index < -0.39 is 0 Å². The molecule has 0 spiro atoms. The van der Waals surface area contributed by atoms with E-state index in [1.54, 1.807) is 18.3 Å². The molecule has 0 aliphatic heterocycles. The molecular weight excluding hydrogens is 190 g/mol. The number of aliphatic imine (C=N–C) groups is 1. The van der Waals surface area contributed by atoms with Crippen molar-refractivity contribution in [1.82, 2.24) is 0 Å². The van der Waals surface area contributed by atoms with Crippen molar-refractivity contribution < 1.29 is 9.21 Å². The molecule has 0 unspecified atom stereocenters. The summed E-state index contributed by atoms with van der Waals surface area (Å²) in [5.74, 6) is 1.03. The van der Waals surface area contributed by atoms with Crippen LogP contribution in [0.5, 0.6) is 0 Å². The second-order valence-corrected chi connectivity index (χ2v) is 3.93. The van der Waals surface area contributed by atoms with Gasteiger partial charge in [-0.3, -0.25) is 9.79 Å². The van der Waals surface area contributed by atoms with Gasteiger partial charge in [-0.05, 0) is 25.0 Å². The highest BCUT2D eigenvalue weighted by molar-refractivity contribution is 5.79. The number of carbonyl (C=O) groups excluding carboxylic acids is 1. The Morgan fingerprint density at radius 3 is 2.60 bits per heavy atom. The van der Waals surface area contributed by atoms with E-state index in [4.69, 9.17) is 4.42 Å². The van der Waals surface area contributed by atoms with E-state index in [1.807, 2.05) is 0 Å². The topological polar surface area (TPSA) is 42.6 Å². The van der Waals surface area contributed by atoms with Crippen LogP contribution in [0.4, 0.5) is 0 Å². The van der Waals surface area contributed by atoms with E-state index in [-0.39, 0.29) is 0 Å². The number of rotatable bonds is 3. The lowest BCUT2D eigenvalue weighted by Gasteiger charge is -2.16. The maximum Gasteiger partial charge on any atom is 0.185 e. The highest BCUT2D eigenvalue weighted by Gasteiger charge is 2.10. The van der Waals surface area contributed by atoms with Crippen molar-refractivity contribution in [3.8, 4) is 0 Å². The van der Waals surface area contributed by atoms with Crippen LogP contribution in [-0.4, -0.2) is 18.5 Å². The first-order chi connectivity index (χ1) is 7.38. The number of furan rings is 1. The Kier molecular flexibility index (Phi) is 3.33. The van der Waals surface area contributed by atoms with E-state index in [2.05, 4.69) is 4.99 Å². The standard InChI is InChI=1S/C12H15NO2/c14-9-12-7-6-11(15-12)8-13-10-4-2-1-3-5-10/h6-10H,1-5H2. The average molecular weight is 205 g/mol. The van der Waals surface area contributed by atoms with Crippen LogP contribution in [-0.2, 0) is 0 Å². The zero-order chi connectivity index (χ0) is 10.5. The summed E-state index contributed by atoms with van der Waals surface area (Å²) < 4.78 is 5.21. The zero-order valence-electron chi connectivity index (χ0n) is 8.69. The lowest BCUT2D eigenvalue weighted by molar-refractivity contribution is 0.110. The summed E-state index contributed by atoms with van der Waals surface area (Å²) in [6.45, 7) is 0. The Hall–Kier alpha value is -1.38. The molecule has 0 amide bonds. The van der Waals surface area contributed by atoms with Crippen LogP contribution in [0.2, 0.25) is 0 Å². The van der Waals surface area contributed by atoms with Gasteiger partial charge in [0.05, 0.1) is 12.3 Å². The molecule has 1 aliphatic carbocycles. The van der Waals surface area contributed by atoms with Crippen molar-refractivity contribution in [2.24, 2.45) is 4.99 Å². The van der Waals surface area contributed by atoms with Gasteiger partial charge in [0, 0.05) is 0 Å². The molecule has 15 heavy (non-hydrogen) atoms. The summed E-state index contributed by atoms with van der Waals surface area (Å²) in [6, 6.07) is 3.88. The highest BCUT2D eigenvalue weighted by Crippen LogP contribution is 2.20. The summed E-state index contributed by atoms with van der Waals surface area (Å²) in [5.41, 5.74) is 0. The maximum atomic E-state index is 10.4. The number of hydrogen-bond donors (Lipinski definition) is 0. The second-order valence-electron chi connectivity index (χ2n) is 3.93. The first-order valence-corrected chi connectivity index (χ1v) is 5.46. The molecule has 1 heterocycles. The molecule has 1 aromatic heterocycles. The molecule has 3 heteroatoms. The molecule has 3 nitrogen and oxygen atoms in total. The monoisotopic (exact) mass is 205 g/mol. The third-order valence-electron chi connectivity index (χ3n) is 2.75. The fourth-order valence-corrected chi connectivity index (χ4v) is 1.91. The van der Waals surface area contributed by atoms with Gasteiger partial charge in [0.15, 0.2) is 12.0 Å². The minimum atomic E-state index is 0.361. The molecule has 0 atom stereocenters. The fourth-order valence-electron chi connectivity index (χ4n) is 1.91. The number of aldehydes is 1. The van der Waals surface area contributed by atoms with Gasteiger partial charge in [-0.25, -0.2) is 0 Å². The Morgan fingerprint density at radius 2 is 1.93 bits per heavy atom. The quantitative estimate of drug-likeness (QED) is 0.562. The predicted molar refractivity (Wildman–Crippen MR) is 58.6 cm³/mol. The van der Waals surface area contributed by atoms with Crippen LogP contribution in [0, 0.1) is 0 Å². The van der Waals surface area contributed by atoms with Crippen LogP contribution in [0.1, 0.15) is 48.4 Å². The predicted octanol–water partition coefficient (Wildman–Crippen LogP) is 2.84. The van der Waals surface area contributed by atoms with Crippen LogP contribution < -0.4 is 0 Å². The van der Waals surface area contributed by atoms with Crippen LogP contribution in [0.15, 0.2) is 21.5 Å². The van der Waals surface area contributed by atoms with Crippen molar-refractivity contribution in [2.75, 3.05) is 0 Å². The zero-order valence-corrected chi connectivity index (χ0v) is 8.69. The Morgan fingerprint density at radius 1 is 1.20 bits per heavy atom. The van der Waals surface area contributed by atoms with Gasteiger partial charge in [0.25, 0.3) is 0 Å². The van der Waals surface area contributed by atoms with E-state index in [0.717, 1.165) is 0 Å². The summed E-state index contributed by atoms with van der Waals surface area (Å²) in [7, 11) is 0. The summed E-state index contributed by atoms with van der Waals surface area (Å²) in [6.07, 6.45) is 8.69. The largest absolute Gasteiger partial charge is 0.452 e. The number of hydrogen-bond acceptors (Lipinski definition) is 3. The lowest BCUT2D eigenvalue weighted by atomic mass is 9.96. The maximum absolute atomic E-state index is 10.4. The van der Waals surface area contributed by atoms with Crippen LogP contribution >= 0.6 is 0 Å². The summed E-state index contributed by atoms with van der Waals surface area (Å²) in [5, 5.41) is 0. The second kappa shape index (κ2) is 4.91. The normalized spacial score (nSPS) is 18.4. The van der Waals surface area contributed by atoms with Crippen LogP contribution in [0.25, 0.3) is 0 Å². The van der Waals surface area contributed by atoms with Gasteiger partial charge in [-0.1, -0.05) is 19.3 Å². The third kappa shape index (κ3) is 2.78. The van der Waals surface area contributed by atoms with Crippen LogP contribution in [0.3, 0.4) is 0 Å². The van der Waals surface area contributed by atoms with Gasteiger partial charge in [0.2, 0.25) is 0 Å². The van der Waals surface area contributed by atoms with Gasteiger partial charge in [-0.2, -0.15) is 0 Å². The Balaban J connectivity index is 1.94.